The van der Waals surface area contributed by atoms with Gasteiger partial charge in [-0.05, 0) is 25.0 Å². The summed E-state index contributed by atoms with van der Waals surface area (Å²) < 4.78 is 0. The van der Waals surface area contributed by atoms with Crippen LogP contribution in [0.3, 0.4) is 0 Å². The number of nitrogens with zero attached hydrogens (tertiary/aromatic N) is 2. The van der Waals surface area contributed by atoms with Gasteiger partial charge in [0.2, 0.25) is 5.91 Å². The lowest BCUT2D eigenvalue weighted by molar-refractivity contribution is -0.119. The van der Waals surface area contributed by atoms with E-state index in [1.54, 1.807) is 11.0 Å². The molecule has 1 aromatic heterocycles. The van der Waals surface area contributed by atoms with Crippen molar-refractivity contribution in [3.63, 3.8) is 0 Å². The Hall–Kier alpha value is -1.58. The molecule has 2 N–H and O–H groups in total. The third kappa shape index (κ3) is 1.69. The van der Waals surface area contributed by atoms with Crippen LogP contribution in [0.4, 0.5) is 11.6 Å². The summed E-state index contributed by atoms with van der Waals surface area (Å²) in [5.74, 6) is 1.28. The van der Waals surface area contributed by atoms with Crippen molar-refractivity contribution >= 4 is 17.5 Å². The minimum atomic E-state index is 0.148. The Morgan fingerprint density at radius 2 is 2.21 bits per heavy atom. The summed E-state index contributed by atoms with van der Waals surface area (Å²) in [6.45, 7) is 0.759. The number of anilines is 2. The van der Waals surface area contributed by atoms with E-state index >= 15 is 0 Å². The summed E-state index contributed by atoms with van der Waals surface area (Å²) in [4.78, 5) is 17.4. The number of rotatable bonds is 1. The van der Waals surface area contributed by atoms with Crippen LogP contribution in [0.1, 0.15) is 19.3 Å². The van der Waals surface area contributed by atoms with Crippen LogP contribution in [0.2, 0.25) is 0 Å². The monoisotopic (exact) mass is 191 g/mol. The van der Waals surface area contributed by atoms with E-state index in [2.05, 4.69) is 4.98 Å². The molecule has 0 aliphatic carbocycles. The highest BCUT2D eigenvalue weighted by Crippen LogP contribution is 2.19. The average molecular weight is 191 g/mol. The zero-order valence-electron chi connectivity index (χ0n) is 7.94. The lowest BCUT2D eigenvalue weighted by Crippen LogP contribution is -2.35. The summed E-state index contributed by atoms with van der Waals surface area (Å²) in [7, 11) is 0. The number of carbonyl (C=O) groups is 1. The van der Waals surface area contributed by atoms with E-state index in [9.17, 15) is 4.79 Å². The van der Waals surface area contributed by atoms with Crippen LogP contribution in [0, 0.1) is 0 Å². The molecule has 1 aliphatic rings. The number of nitrogen functional groups attached to an aromatic ring is 1. The maximum absolute atomic E-state index is 11.6. The maximum atomic E-state index is 11.6. The summed E-state index contributed by atoms with van der Waals surface area (Å²) in [5.41, 5.74) is 5.56. The Kier molecular flexibility index (Phi) is 2.35. The highest BCUT2D eigenvalue weighted by molar-refractivity contribution is 5.93. The molecular formula is C10H13N3O. The number of aromatic nitrogens is 1. The lowest BCUT2D eigenvalue weighted by atomic mass is 10.1. The number of hydrogen-bond donors (Lipinski definition) is 1. The van der Waals surface area contributed by atoms with E-state index in [1.807, 2.05) is 12.1 Å². The van der Waals surface area contributed by atoms with E-state index in [4.69, 9.17) is 5.73 Å². The van der Waals surface area contributed by atoms with Crippen molar-refractivity contribution in [1.29, 1.82) is 0 Å². The first kappa shape index (κ1) is 8.99. The van der Waals surface area contributed by atoms with Gasteiger partial charge in [0.1, 0.15) is 11.6 Å². The second kappa shape index (κ2) is 3.65. The molecular weight excluding hydrogens is 178 g/mol. The molecule has 0 radical (unpaired) electrons. The molecule has 0 atom stereocenters. The van der Waals surface area contributed by atoms with E-state index in [0.29, 0.717) is 18.1 Å². The van der Waals surface area contributed by atoms with Crippen molar-refractivity contribution in [2.24, 2.45) is 0 Å². The van der Waals surface area contributed by atoms with Crippen molar-refractivity contribution in [1.82, 2.24) is 4.98 Å². The quantitative estimate of drug-likeness (QED) is 0.725. The Balaban J connectivity index is 2.24. The molecule has 2 rings (SSSR count). The molecule has 0 saturated carbocycles. The van der Waals surface area contributed by atoms with Crippen molar-refractivity contribution in [2.75, 3.05) is 17.2 Å². The van der Waals surface area contributed by atoms with Crippen LogP contribution < -0.4 is 10.6 Å². The van der Waals surface area contributed by atoms with Gasteiger partial charge in [-0.2, -0.15) is 0 Å². The van der Waals surface area contributed by atoms with Gasteiger partial charge in [0.15, 0.2) is 0 Å². The summed E-state index contributed by atoms with van der Waals surface area (Å²) in [6.07, 6.45) is 2.65. The van der Waals surface area contributed by atoms with Gasteiger partial charge in [-0.15, -0.1) is 0 Å². The second-order valence-corrected chi connectivity index (χ2v) is 3.42. The Bertz CT molecular complexity index is 351. The van der Waals surface area contributed by atoms with Gasteiger partial charge in [0.25, 0.3) is 0 Å². The first-order chi connectivity index (χ1) is 6.77. The summed E-state index contributed by atoms with van der Waals surface area (Å²) in [6, 6.07) is 5.36. The van der Waals surface area contributed by atoms with Gasteiger partial charge >= 0.3 is 0 Å². The maximum Gasteiger partial charge on any atom is 0.228 e. The highest BCUT2D eigenvalue weighted by atomic mass is 16.2. The topological polar surface area (TPSA) is 59.2 Å². The fourth-order valence-electron chi connectivity index (χ4n) is 1.64. The van der Waals surface area contributed by atoms with E-state index < -0.39 is 0 Å². The van der Waals surface area contributed by atoms with Crippen molar-refractivity contribution in [2.45, 2.75) is 19.3 Å². The van der Waals surface area contributed by atoms with Crippen LogP contribution in [0.5, 0.6) is 0 Å². The molecule has 0 spiro atoms. The van der Waals surface area contributed by atoms with Gasteiger partial charge < -0.3 is 5.73 Å². The Morgan fingerprint density at radius 1 is 1.36 bits per heavy atom. The van der Waals surface area contributed by atoms with E-state index in [-0.39, 0.29) is 5.91 Å². The van der Waals surface area contributed by atoms with Gasteiger partial charge in [0, 0.05) is 13.0 Å². The predicted octanol–water partition coefficient (Wildman–Crippen LogP) is 1.18. The van der Waals surface area contributed by atoms with Gasteiger partial charge in [0.05, 0.1) is 0 Å². The van der Waals surface area contributed by atoms with E-state index in [0.717, 1.165) is 19.4 Å². The van der Waals surface area contributed by atoms with Gasteiger partial charge in [-0.25, -0.2) is 4.98 Å². The zero-order chi connectivity index (χ0) is 9.97. The third-order valence-electron chi connectivity index (χ3n) is 2.36. The van der Waals surface area contributed by atoms with Crippen LogP contribution in [0.25, 0.3) is 0 Å². The molecule has 74 valence electrons. The molecule has 4 heteroatoms. The highest BCUT2D eigenvalue weighted by Gasteiger charge is 2.20. The van der Waals surface area contributed by atoms with Crippen molar-refractivity contribution in [3.8, 4) is 0 Å². The van der Waals surface area contributed by atoms with Crippen LogP contribution >= 0.6 is 0 Å². The lowest BCUT2D eigenvalue weighted by Gasteiger charge is -2.25. The smallest absolute Gasteiger partial charge is 0.228 e. The molecule has 0 aromatic carbocycles. The first-order valence-electron chi connectivity index (χ1n) is 4.80. The number of piperidine rings is 1. The molecule has 0 unspecified atom stereocenters. The Labute approximate surface area is 82.7 Å². The molecule has 1 amide bonds. The molecule has 1 aromatic rings. The SMILES string of the molecule is Nc1cccc(N2CCCCC2=O)n1. The normalized spacial score (nSPS) is 17.1. The largest absolute Gasteiger partial charge is 0.384 e. The number of nitrogens with two attached hydrogens (primary N) is 1. The first-order valence-corrected chi connectivity index (χ1v) is 4.80. The number of pyridine rings is 1. The average Bonchev–Trinajstić information content (AvgIpc) is 2.18. The molecule has 1 saturated heterocycles. The molecule has 4 nitrogen and oxygen atoms in total. The molecule has 2 heterocycles. The second-order valence-electron chi connectivity index (χ2n) is 3.42. The van der Waals surface area contributed by atoms with Crippen LogP contribution in [0.15, 0.2) is 18.2 Å². The minimum Gasteiger partial charge on any atom is -0.384 e. The molecule has 14 heavy (non-hydrogen) atoms. The standard InChI is InChI=1S/C10H13N3O/c11-8-4-3-5-9(12-8)13-7-2-1-6-10(13)14/h3-5H,1-2,6-7H2,(H2,11,12). The number of amides is 1. The zero-order valence-corrected chi connectivity index (χ0v) is 7.94. The third-order valence-corrected chi connectivity index (χ3v) is 2.36. The Morgan fingerprint density at radius 3 is 2.93 bits per heavy atom. The van der Waals surface area contributed by atoms with Gasteiger partial charge in [-0.3, -0.25) is 9.69 Å². The van der Waals surface area contributed by atoms with Crippen molar-refractivity contribution in [3.05, 3.63) is 18.2 Å². The number of carbonyl (C=O) groups excluding carboxylic acids is 1. The van der Waals surface area contributed by atoms with Crippen LogP contribution in [-0.4, -0.2) is 17.4 Å². The van der Waals surface area contributed by atoms with E-state index in [1.165, 1.54) is 0 Å². The van der Waals surface area contributed by atoms with Crippen LogP contribution in [-0.2, 0) is 4.79 Å². The number of hydrogen-bond acceptors (Lipinski definition) is 3. The predicted molar refractivity (Wildman–Crippen MR) is 54.9 cm³/mol. The van der Waals surface area contributed by atoms with Gasteiger partial charge in [-0.1, -0.05) is 6.07 Å². The fourth-order valence-corrected chi connectivity index (χ4v) is 1.64. The van der Waals surface area contributed by atoms with Crippen molar-refractivity contribution < 1.29 is 4.79 Å². The minimum absolute atomic E-state index is 0.148. The summed E-state index contributed by atoms with van der Waals surface area (Å²) in [5, 5.41) is 0. The fraction of sp³-hybridized carbons (Fsp3) is 0.400. The molecule has 1 fully saturated rings. The molecule has 0 bridgehead atoms. The molecule has 1 aliphatic heterocycles. The summed E-state index contributed by atoms with van der Waals surface area (Å²) >= 11 is 0.